The summed E-state index contributed by atoms with van der Waals surface area (Å²) in [6.07, 6.45) is 2.36. The number of nitrogens with zero attached hydrogens (tertiary/aromatic N) is 5. The van der Waals surface area contributed by atoms with Gasteiger partial charge in [-0.15, -0.1) is 0 Å². The topological polar surface area (TPSA) is 71.3 Å². The number of halogens is 2. The first-order valence-corrected chi connectivity index (χ1v) is 13.1. The summed E-state index contributed by atoms with van der Waals surface area (Å²) >= 11 is 12.2. The zero-order valence-corrected chi connectivity index (χ0v) is 22.0. The third-order valence-corrected chi connectivity index (χ3v) is 8.25. The van der Waals surface area contributed by atoms with Crippen LogP contribution in [0.1, 0.15) is 57.6 Å². The summed E-state index contributed by atoms with van der Waals surface area (Å²) < 4.78 is 1.82. The normalized spacial score (nSPS) is 18.1. The highest BCUT2D eigenvalue weighted by Crippen LogP contribution is 2.34. The van der Waals surface area contributed by atoms with Crippen molar-refractivity contribution in [1.29, 1.82) is 0 Å². The lowest BCUT2D eigenvalue weighted by Gasteiger charge is -2.35. The molecule has 9 heteroatoms. The van der Waals surface area contributed by atoms with Crippen LogP contribution in [0.2, 0.25) is 10.0 Å². The molecule has 7 nitrogen and oxygen atoms in total. The minimum atomic E-state index is -0.165. The number of benzene rings is 2. The molecule has 0 radical (unpaired) electrons. The SMILES string of the molecule is CC(c1cccc2cccnc12)N1CCn2nc3c(c2C1=O)CN(C(=O)c1ccc(Cl)c(Cl)c1)[C@H](C)C3. The van der Waals surface area contributed by atoms with Crippen molar-refractivity contribution in [2.75, 3.05) is 6.54 Å². The van der Waals surface area contributed by atoms with E-state index in [9.17, 15) is 9.59 Å². The molecule has 1 unspecified atom stereocenters. The van der Waals surface area contributed by atoms with Gasteiger partial charge < -0.3 is 9.80 Å². The summed E-state index contributed by atoms with van der Waals surface area (Å²) in [4.78, 5) is 35.6. The molecule has 2 aliphatic heterocycles. The quantitative estimate of drug-likeness (QED) is 0.346. The van der Waals surface area contributed by atoms with E-state index in [0.29, 0.717) is 47.4 Å². The molecule has 0 fully saturated rings. The molecule has 2 aromatic carbocycles. The maximum Gasteiger partial charge on any atom is 0.273 e. The lowest BCUT2D eigenvalue weighted by atomic mass is 9.96. The first-order valence-electron chi connectivity index (χ1n) is 12.3. The van der Waals surface area contributed by atoms with Crippen LogP contribution < -0.4 is 0 Å². The van der Waals surface area contributed by atoms with Gasteiger partial charge >= 0.3 is 0 Å². The standard InChI is InChI=1S/C28H25Cl2N5O2/c1-16-13-24-21(15-34(16)27(36)19-8-9-22(29)23(30)14-19)26-28(37)33(11-12-35(26)32-24)17(2)20-7-3-5-18-6-4-10-31-25(18)20/h3-10,14,16-17H,11-13,15H2,1-2H3/t16-,17?/m1/s1. The van der Waals surface area contributed by atoms with Gasteiger partial charge in [0.15, 0.2) is 0 Å². The van der Waals surface area contributed by atoms with Gasteiger partial charge in [0, 0.05) is 47.3 Å². The van der Waals surface area contributed by atoms with Crippen molar-refractivity contribution >= 4 is 45.9 Å². The highest BCUT2D eigenvalue weighted by molar-refractivity contribution is 6.42. The zero-order chi connectivity index (χ0) is 25.8. The van der Waals surface area contributed by atoms with Crippen molar-refractivity contribution in [2.45, 2.75) is 45.4 Å². The lowest BCUT2D eigenvalue weighted by Crippen LogP contribution is -2.44. The predicted octanol–water partition coefficient (Wildman–Crippen LogP) is 5.54. The number of hydrogen-bond donors (Lipinski definition) is 0. The van der Waals surface area contributed by atoms with E-state index < -0.39 is 0 Å². The minimum absolute atomic E-state index is 0.0710. The summed E-state index contributed by atoms with van der Waals surface area (Å²) in [6, 6.07) is 14.7. The molecule has 2 amide bonds. The molecule has 2 aliphatic rings. The van der Waals surface area contributed by atoms with Crippen molar-refractivity contribution in [3.8, 4) is 0 Å². The Bertz CT molecular complexity index is 1560. The van der Waals surface area contributed by atoms with Gasteiger partial charge in [-0.1, -0.05) is 47.5 Å². The Balaban J connectivity index is 1.32. The first kappa shape index (κ1) is 23.9. The van der Waals surface area contributed by atoms with Crippen LogP contribution in [0.5, 0.6) is 0 Å². The van der Waals surface area contributed by atoms with E-state index in [-0.39, 0.29) is 23.9 Å². The van der Waals surface area contributed by atoms with Crippen molar-refractivity contribution in [3.63, 3.8) is 0 Å². The Morgan fingerprint density at radius 3 is 2.70 bits per heavy atom. The number of pyridine rings is 1. The second-order valence-corrected chi connectivity index (χ2v) is 10.5. The maximum absolute atomic E-state index is 13.9. The molecule has 37 heavy (non-hydrogen) atoms. The fourth-order valence-electron chi connectivity index (χ4n) is 5.51. The molecular weight excluding hydrogens is 509 g/mol. The van der Waals surface area contributed by atoms with Gasteiger partial charge in [0.05, 0.1) is 40.4 Å². The van der Waals surface area contributed by atoms with Crippen LogP contribution in [-0.4, -0.2) is 49.0 Å². The molecular formula is C28H25Cl2N5O2. The fraction of sp³-hybridized carbons (Fsp3) is 0.286. The number of fused-ring (bicyclic) bond motifs is 4. The Labute approximate surface area is 224 Å². The molecule has 0 saturated heterocycles. The van der Waals surface area contributed by atoms with Crippen LogP contribution in [0, 0.1) is 0 Å². The molecule has 6 rings (SSSR count). The summed E-state index contributed by atoms with van der Waals surface area (Å²) in [7, 11) is 0. The van der Waals surface area contributed by atoms with Crippen LogP contribution in [-0.2, 0) is 19.5 Å². The van der Waals surface area contributed by atoms with Crippen molar-refractivity contribution in [1.82, 2.24) is 24.6 Å². The fourth-order valence-corrected chi connectivity index (χ4v) is 5.80. The van der Waals surface area contributed by atoms with E-state index in [1.54, 1.807) is 29.3 Å². The smallest absolute Gasteiger partial charge is 0.273 e. The largest absolute Gasteiger partial charge is 0.331 e. The molecule has 0 saturated carbocycles. The molecule has 0 aliphatic carbocycles. The van der Waals surface area contributed by atoms with Gasteiger partial charge in [-0.2, -0.15) is 5.10 Å². The van der Waals surface area contributed by atoms with E-state index in [2.05, 4.69) is 4.98 Å². The van der Waals surface area contributed by atoms with Crippen molar-refractivity contribution in [2.24, 2.45) is 0 Å². The van der Waals surface area contributed by atoms with E-state index >= 15 is 0 Å². The van der Waals surface area contributed by atoms with Crippen LogP contribution in [0.25, 0.3) is 10.9 Å². The first-order chi connectivity index (χ1) is 17.8. The van der Waals surface area contributed by atoms with Gasteiger partial charge in [0.25, 0.3) is 11.8 Å². The number of rotatable bonds is 3. The summed E-state index contributed by atoms with van der Waals surface area (Å²) in [5, 5.41) is 6.57. The summed E-state index contributed by atoms with van der Waals surface area (Å²) in [6.45, 7) is 5.51. The molecule has 0 bridgehead atoms. The zero-order valence-electron chi connectivity index (χ0n) is 20.5. The lowest BCUT2D eigenvalue weighted by molar-refractivity contribution is 0.0605. The minimum Gasteiger partial charge on any atom is -0.331 e. The Hall–Kier alpha value is -3.42. The number of hydrogen-bond acceptors (Lipinski definition) is 4. The highest BCUT2D eigenvalue weighted by Gasteiger charge is 2.38. The Morgan fingerprint density at radius 2 is 1.89 bits per heavy atom. The monoisotopic (exact) mass is 533 g/mol. The molecule has 4 aromatic rings. The van der Waals surface area contributed by atoms with Crippen LogP contribution in [0.15, 0.2) is 54.7 Å². The molecule has 4 heterocycles. The van der Waals surface area contributed by atoms with E-state index in [4.69, 9.17) is 28.3 Å². The molecule has 2 atom stereocenters. The maximum atomic E-state index is 13.9. The summed E-state index contributed by atoms with van der Waals surface area (Å²) in [5.74, 6) is -0.219. The van der Waals surface area contributed by atoms with Gasteiger partial charge in [0.2, 0.25) is 0 Å². The molecule has 0 spiro atoms. The number of para-hydroxylation sites is 1. The third kappa shape index (κ3) is 3.97. The van der Waals surface area contributed by atoms with Gasteiger partial charge in [-0.25, -0.2) is 0 Å². The number of amides is 2. The number of carbonyl (C=O) groups is 2. The summed E-state index contributed by atoms with van der Waals surface area (Å²) in [5.41, 5.74) is 4.66. The Morgan fingerprint density at radius 1 is 1.08 bits per heavy atom. The van der Waals surface area contributed by atoms with E-state index in [1.807, 2.05) is 53.8 Å². The van der Waals surface area contributed by atoms with Crippen LogP contribution in [0.4, 0.5) is 0 Å². The van der Waals surface area contributed by atoms with Crippen molar-refractivity contribution in [3.05, 3.63) is 92.9 Å². The van der Waals surface area contributed by atoms with Gasteiger partial charge in [0.1, 0.15) is 5.69 Å². The highest BCUT2D eigenvalue weighted by atomic mass is 35.5. The van der Waals surface area contributed by atoms with Crippen molar-refractivity contribution < 1.29 is 9.59 Å². The van der Waals surface area contributed by atoms with Crippen LogP contribution in [0.3, 0.4) is 0 Å². The average molecular weight is 534 g/mol. The average Bonchev–Trinajstić information content (AvgIpc) is 3.26. The second kappa shape index (κ2) is 9.15. The second-order valence-electron chi connectivity index (χ2n) is 9.71. The van der Waals surface area contributed by atoms with Gasteiger partial charge in [-0.05, 0) is 38.1 Å². The number of carbonyl (C=O) groups excluding carboxylic acids is 2. The van der Waals surface area contributed by atoms with Crippen LogP contribution >= 0.6 is 23.2 Å². The molecule has 2 aromatic heterocycles. The Kier molecular flexibility index (Phi) is 5.92. The number of aromatic nitrogens is 3. The van der Waals surface area contributed by atoms with E-state index in [1.165, 1.54) is 0 Å². The molecule has 188 valence electrons. The van der Waals surface area contributed by atoms with E-state index in [0.717, 1.165) is 27.7 Å². The molecule has 0 N–H and O–H groups in total. The third-order valence-electron chi connectivity index (χ3n) is 7.51. The predicted molar refractivity (Wildman–Crippen MR) is 143 cm³/mol. The van der Waals surface area contributed by atoms with Gasteiger partial charge in [-0.3, -0.25) is 19.3 Å².